The predicted molar refractivity (Wildman–Crippen MR) is 121 cm³/mol. The van der Waals surface area contributed by atoms with E-state index >= 15 is 0 Å². The first-order chi connectivity index (χ1) is 15.1. The summed E-state index contributed by atoms with van der Waals surface area (Å²) in [5.41, 5.74) is 1.98. The van der Waals surface area contributed by atoms with Gasteiger partial charge in [-0.2, -0.15) is 38.4 Å². The molecule has 1 rings (SSSR count). The molecule has 0 aliphatic carbocycles. The molecule has 180 valence electrons. The number of hydrogen-bond acceptors (Lipinski definition) is 6. The largest absolute Gasteiger partial charge is 0.492 e. The Morgan fingerprint density at radius 3 is 2.31 bits per heavy atom. The maximum absolute atomic E-state index is 12.6. The lowest BCUT2D eigenvalue weighted by atomic mass is 10.1. The molecule has 0 saturated heterocycles. The smallest absolute Gasteiger partial charge is 0.471 e. The molecule has 0 spiro atoms. The number of benzene rings is 1. The first kappa shape index (κ1) is 28.0. The van der Waals surface area contributed by atoms with Crippen molar-refractivity contribution in [2.75, 3.05) is 19.7 Å². The Labute approximate surface area is 196 Å². The standard InChI is InChI=1S/C20H28F3N3O4S2/c1-13(27)24-7-3-2-4-17(26-19(29)20(21,22)23)18(28)25-8-9-30-16-6-5-14(11-31)15(10-16)12-32/h5-6,10,17,31-32H,2-4,7-9,11-12H2,1H3,(H,24,27)(H,25,28)(H,26,29)/t17-/m0/s1. The topological polar surface area (TPSA) is 96.5 Å². The van der Waals surface area contributed by atoms with Gasteiger partial charge in [0.2, 0.25) is 11.8 Å². The third-order valence-corrected chi connectivity index (χ3v) is 5.04. The van der Waals surface area contributed by atoms with Crippen molar-refractivity contribution in [3.63, 3.8) is 0 Å². The fourth-order valence-electron chi connectivity index (χ4n) is 2.71. The van der Waals surface area contributed by atoms with Gasteiger partial charge in [-0.05, 0) is 42.5 Å². The first-order valence-corrected chi connectivity index (χ1v) is 11.2. The maximum Gasteiger partial charge on any atom is 0.471 e. The summed E-state index contributed by atoms with van der Waals surface area (Å²) in [6.07, 6.45) is -4.33. The highest BCUT2D eigenvalue weighted by atomic mass is 32.1. The van der Waals surface area contributed by atoms with Gasteiger partial charge in [0.25, 0.3) is 0 Å². The molecular formula is C20H28F3N3O4S2. The molecule has 12 heteroatoms. The van der Waals surface area contributed by atoms with Crippen molar-refractivity contribution in [3.05, 3.63) is 29.3 Å². The molecule has 32 heavy (non-hydrogen) atoms. The van der Waals surface area contributed by atoms with E-state index in [9.17, 15) is 27.6 Å². The SMILES string of the molecule is CC(=O)NCCCC[C@H](NC(=O)C(F)(F)F)C(=O)NCCOc1ccc(CS)c(CS)c1. The summed E-state index contributed by atoms with van der Waals surface area (Å²) < 4.78 is 43.3. The molecule has 0 aromatic heterocycles. The highest BCUT2D eigenvalue weighted by molar-refractivity contribution is 7.79. The van der Waals surface area contributed by atoms with E-state index in [1.54, 1.807) is 11.4 Å². The summed E-state index contributed by atoms with van der Waals surface area (Å²) >= 11 is 8.50. The fourth-order valence-corrected chi connectivity index (χ4v) is 3.31. The number of thiol groups is 2. The monoisotopic (exact) mass is 495 g/mol. The van der Waals surface area contributed by atoms with Crippen LogP contribution in [0.2, 0.25) is 0 Å². The van der Waals surface area contributed by atoms with E-state index in [-0.39, 0.29) is 25.5 Å². The third kappa shape index (κ3) is 10.5. The van der Waals surface area contributed by atoms with Crippen LogP contribution in [0.1, 0.15) is 37.3 Å². The molecule has 0 bridgehead atoms. The molecule has 0 heterocycles. The number of rotatable bonds is 13. The minimum absolute atomic E-state index is 0.00934. The number of carbonyl (C=O) groups is 3. The Kier molecular flexibility index (Phi) is 12.4. The van der Waals surface area contributed by atoms with E-state index in [2.05, 4.69) is 35.9 Å². The zero-order valence-corrected chi connectivity index (χ0v) is 19.4. The number of unbranched alkanes of at least 4 members (excludes halogenated alkanes) is 1. The Morgan fingerprint density at radius 1 is 1.03 bits per heavy atom. The number of nitrogens with one attached hydrogen (secondary N) is 3. The molecule has 7 nitrogen and oxygen atoms in total. The van der Waals surface area contributed by atoms with E-state index in [1.807, 2.05) is 12.1 Å². The minimum Gasteiger partial charge on any atom is -0.492 e. The number of alkyl halides is 3. The van der Waals surface area contributed by atoms with Crippen molar-refractivity contribution in [2.45, 2.75) is 49.9 Å². The number of carbonyl (C=O) groups excluding carboxylic acids is 3. The van der Waals surface area contributed by atoms with E-state index in [0.717, 1.165) is 11.1 Å². The molecule has 0 saturated carbocycles. The fraction of sp³-hybridized carbons (Fsp3) is 0.550. The van der Waals surface area contributed by atoms with Crippen LogP contribution < -0.4 is 20.7 Å². The second-order valence-corrected chi connectivity index (χ2v) is 7.52. The molecule has 0 fully saturated rings. The number of halogens is 3. The van der Waals surface area contributed by atoms with E-state index in [1.165, 1.54) is 6.92 Å². The van der Waals surface area contributed by atoms with Gasteiger partial charge in [0.05, 0.1) is 6.54 Å². The predicted octanol–water partition coefficient (Wildman–Crippen LogP) is 2.39. The van der Waals surface area contributed by atoms with E-state index < -0.39 is 24.0 Å². The molecular weight excluding hydrogens is 467 g/mol. The third-order valence-electron chi connectivity index (χ3n) is 4.36. The van der Waals surface area contributed by atoms with E-state index in [0.29, 0.717) is 36.6 Å². The summed E-state index contributed by atoms with van der Waals surface area (Å²) in [7, 11) is 0. The van der Waals surface area contributed by atoms with Crippen LogP contribution in [-0.4, -0.2) is 49.6 Å². The minimum atomic E-state index is -5.10. The van der Waals surface area contributed by atoms with Crippen molar-refractivity contribution in [2.24, 2.45) is 0 Å². The molecule has 0 aliphatic heterocycles. The summed E-state index contributed by atoms with van der Waals surface area (Å²) in [4.78, 5) is 34.5. The molecule has 1 aromatic rings. The van der Waals surface area contributed by atoms with Crippen LogP contribution >= 0.6 is 25.3 Å². The van der Waals surface area contributed by atoms with Crippen LogP contribution in [-0.2, 0) is 25.9 Å². The Hall–Kier alpha value is -2.08. The average Bonchev–Trinajstić information content (AvgIpc) is 2.74. The van der Waals surface area contributed by atoms with Crippen molar-refractivity contribution >= 4 is 43.0 Å². The second-order valence-electron chi connectivity index (χ2n) is 6.89. The second kappa shape index (κ2) is 14.1. The van der Waals surface area contributed by atoms with Crippen molar-refractivity contribution in [1.29, 1.82) is 0 Å². The summed E-state index contributed by atoms with van der Waals surface area (Å²) in [5.74, 6) is -1.53. The van der Waals surface area contributed by atoms with Crippen LogP contribution in [0.3, 0.4) is 0 Å². The van der Waals surface area contributed by atoms with Gasteiger partial charge in [0, 0.05) is 25.0 Å². The lowest BCUT2D eigenvalue weighted by molar-refractivity contribution is -0.174. The van der Waals surface area contributed by atoms with Gasteiger partial charge >= 0.3 is 12.1 Å². The molecule has 0 radical (unpaired) electrons. The molecule has 3 amide bonds. The van der Waals surface area contributed by atoms with Crippen LogP contribution in [0, 0.1) is 0 Å². The van der Waals surface area contributed by atoms with Crippen molar-refractivity contribution in [3.8, 4) is 5.75 Å². The van der Waals surface area contributed by atoms with Gasteiger partial charge in [-0.1, -0.05) is 6.07 Å². The molecule has 3 N–H and O–H groups in total. The lowest BCUT2D eigenvalue weighted by Crippen LogP contribution is -2.51. The van der Waals surface area contributed by atoms with Crippen LogP contribution in [0.5, 0.6) is 5.75 Å². The normalized spacial score (nSPS) is 12.1. The van der Waals surface area contributed by atoms with Crippen LogP contribution in [0.15, 0.2) is 18.2 Å². The summed E-state index contributed by atoms with van der Waals surface area (Å²) in [6, 6.07) is 4.06. The quantitative estimate of drug-likeness (QED) is 0.215. The van der Waals surface area contributed by atoms with Gasteiger partial charge in [0.1, 0.15) is 18.4 Å². The molecule has 1 atom stereocenters. The Morgan fingerprint density at radius 2 is 1.72 bits per heavy atom. The molecule has 1 aromatic carbocycles. The number of ether oxygens (including phenoxy) is 1. The zero-order valence-electron chi connectivity index (χ0n) is 17.6. The first-order valence-electron chi connectivity index (χ1n) is 9.94. The number of amides is 3. The van der Waals surface area contributed by atoms with Gasteiger partial charge in [-0.3, -0.25) is 14.4 Å². The van der Waals surface area contributed by atoms with Gasteiger partial charge < -0.3 is 20.7 Å². The summed E-state index contributed by atoms with van der Waals surface area (Å²) in [5, 5.41) is 6.75. The highest BCUT2D eigenvalue weighted by Crippen LogP contribution is 2.21. The van der Waals surface area contributed by atoms with Crippen molar-refractivity contribution < 1.29 is 32.3 Å². The zero-order chi connectivity index (χ0) is 24.1. The lowest BCUT2D eigenvalue weighted by Gasteiger charge is -2.19. The van der Waals surface area contributed by atoms with E-state index in [4.69, 9.17) is 4.74 Å². The van der Waals surface area contributed by atoms with Crippen LogP contribution in [0.4, 0.5) is 13.2 Å². The number of hydrogen-bond donors (Lipinski definition) is 5. The van der Waals surface area contributed by atoms with Gasteiger partial charge in [-0.15, -0.1) is 0 Å². The molecule has 0 aliphatic rings. The molecule has 0 unspecified atom stereocenters. The van der Waals surface area contributed by atoms with Gasteiger partial charge in [0.15, 0.2) is 0 Å². The van der Waals surface area contributed by atoms with Crippen molar-refractivity contribution in [1.82, 2.24) is 16.0 Å². The maximum atomic E-state index is 12.6. The average molecular weight is 496 g/mol. The van der Waals surface area contributed by atoms with Gasteiger partial charge in [-0.25, -0.2) is 0 Å². The Balaban J connectivity index is 2.56. The highest BCUT2D eigenvalue weighted by Gasteiger charge is 2.40. The summed E-state index contributed by atoms with van der Waals surface area (Å²) in [6.45, 7) is 1.79. The Bertz CT molecular complexity index is 779. The van der Waals surface area contributed by atoms with Crippen LogP contribution in [0.25, 0.3) is 0 Å².